The molecule has 0 spiro atoms. The molecule has 0 aliphatic heterocycles. The third-order valence-corrected chi connectivity index (χ3v) is 4.65. The van der Waals surface area contributed by atoms with Crippen molar-refractivity contribution in [2.45, 2.75) is 39.0 Å². The monoisotopic (exact) mass is 268 g/mol. The molecule has 2 nitrogen and oxygen atoms in total. The average molecular weight is 268 g/mol. The predicted molar refractivity (Wildman–Crippen MR) is 86.0 cm³/mol. The summed E-state index contributed by atoms with van der Waals surface area (Å²) in [5.41, 5.74) is 2.30. The highest BCUT2D eigenvalue weighted by molar-refractivity contribution is 5.90. The summed E-state index contributed by atoms with van der Waals surface area (Å²) in [7, 11) is 0. The van der Waals surface area contributed by atoms with Gasteiger partial charge in [0.1, 0.15) is 0 Å². The van der Waals surface area contributed by atoms with Crippen molar-refractivity contribution in [2.24, 2.45) is 11.8 Å². The number of hydrogen-bond acceptors (Lipinski definition) is 2. The van der Waals surface area contributed by atoms with E-state index in [4.69, 9.17) is 0 Å². The van der Waals surface area contributed by atoms with Gasteiger partial charge in [-0.25, -0.2) is 0 Å². The van der Waals surface area contributed by atoms with Crippen LogP contribution in [-0.4, -0.2) is 11.5 Å². The fourth-order valence-corrected chi connectivity index (χ4v) is 3.28. The van der Waals surface area contributed by atoms with Crippen LogP contribution < -0.4 is 5.32 Å². The number of aromatic nitrogens is 1. The van der Waals surface area contributed by atoms with Gasteiger partial charge in [-0.3, -0.25) is 4.98 Å². The second-order valence-corrected chi connectivity index (χ2v) is 6.22. The van der Waals surface area contributed by atoms with Crippen molar-refractivity contribution in [2.75, 3.05) is 11.9 Å². The molecule has 1 aromatic heterocycles. The average Bonchev–Trinajstić information content (AvgIpc) is 2.49. The molecule has 1 saturated carbocycles. The van der Waals surface area contributed by atoms with Crippen molar-refractivity contribution in [1.82, 2.24) is 4.98 Å². The van der Waals surface area contributed by atoms with E-state index >= 15 is 0 Å². The summed E-state index contributed by atoms with van der Waals surface area (Å²) in [6, 6.07) is 10.4. The van der Waals surface area contributed by atoms with Gasteiger partial charge in [-0.05, 0) is 30.4 Å². The maximum absolute atomic E-state index is 4.41. The van der Waals surface area contributed by atoms with Crippen LogP contribution in [0.3, 0.4) is 0 Å². The maximum atomic E-state index is 4.41. The summed E-state index contributed by atoms with van der Waals surface area (Å²) >= 11 is 0. The van der Waals surface area contributed by atoms with Gasteiger partial charge >= 0.3 is 0 Å². The van der Waals surface area contributed by atoms with Crippen LogP contribution in [0.5, 0.6) is 0 Å². The molecular formula is C18H24N2. The molecule has 0 atom stereocenters. The Morgan fingerprint density at radius 2 is 1.90 bits per heavy atom. The van der Waals surface area contributed by atoms with E-state index in [1.54, 1.807) is 0 Å². The number of nitrogens with zero attached hydrogens (tertiary/aromatic N) is 1. The second kappa shape index (κ2) is 6.25. The minimum Gasteiger partial charge on any atom is -0.384 e. The molecular weight excluding hydrogens is 244 g/mol. The molecule has 2 aromatic rings. The van der Waals surface area contributed by atoms with Crippen LogP contribution >= 0.6 is 0 Å². The normalized spacial score (nSPS) is 22.9. The fourth-order valence-electron chi connectivity index (χ4n) is 3.28. The lowest BCUT2D eigenvalue weighted by Gasteiger charge is -2.26. The quantitative estimate of drug-likeness (QED) is 0.856. The molecule has 3 rings (SSSR count). The summed E-state index contributed by atoms with van der Waals surface area (Å²) < 4.78 is 0. The van der Waals surface area contributed by atoms with Crippen molar-refractivity contribution >= 4 is 16.6 Å². The van der Waals surface area contributed by atoms with E-state index in [0.29, 0.717) is 0 Å². The van der Waals surface area contributed by atoms with Gasteiger partial charge in [0, 0.05) is 23.8 Å². The number of anilines is 1. The van der Waals surface area contributed by atoms with Gasteiger partial charge in [0.2, 0.25) is 0 Å². The number of hydrogen-bond donors (Lipinski definition) is 1. The molecule has 1 aliphatic carbocycles. The first kappa shape index (κ1) is 13.4. The second-order valence-electron chi connectivity index (χ2n) is 6.22. The molecule has 0 saturated heterocycles. The summed E-state index contributed by atoms with van der Waals surface area (Å²) in [4.78, 5) is 4.41. The van der Waals surface area contributed by atoms with Gasteiger partial charge in [-0.15, -0.1) is 0 Å². The van der Waals surface area contributed by atoms with E-state index < -0.39 is 0 Å². The third kappa shape index (κ3) is 3.12. The number of benzene rings is 1. The lowest BCUT2D eigenvalue weighted by molar-refractivity contribution is 0.282. The Labute approximate surface area is 121 Å². The molecule has 0 bridgehead atoms. The smallest absolute Gasteiger partial charge is 0.0722 e. The van der Waals surface area contributed by atoms with E-state index in [9.17, 15) is 0 Å². The Balaban J connectivity index is 1.57. The lowest BCUT2D eigenvalue weighted by Crippen LogP contribution is -2.15. The van der Waals surface area contributed by atoms with E-state index in [1.165, 1.54) is 43.2 Å². The Morgan fingerprint density at radius 1 is 1.10 bits per heavy atom. The van der Waals surface area contributed by atoms with Crippen molar-refractivity contribution in [3.8, 4) is 0 Å². The summed E-state index contributed by atoms with van der Waals surface area (Å²) in [6.45, 7) is 3.46. The Kier molecular flexibility index (Phi) is 4.19. The molecule has 1 fully saturated rings. The molecule has 2 heteroatoms. The molecule has 1 aliphatic rings. The van der Waals surface area contributed by atoms with Crippen LogP contribution in [0.2, 0.25) is 0 Å². The van der Waals surface area contributed by atoms with Gasteiger partial charge in [0.15, 0.2) is 0 Å². The molecule has 106 valence electrons. The van der Waals surface area contributed by atoms with Crippen LogP contribution in [0, 0.1) is 11.8 Å². The molecule has 20 heavy (non-hydrogen) atoms. The standard InChI is InChI=1S/C18H24N2/c1-14-6-8-15(9-7-14)10-12-19-18-11-13-20-17-5-3-2-4-16(17)18/h2-5,11,13-15H,6-10,12H2,1H3,(H,19,20). The largest absolute Gasteiger partial charge is 0.384 e. The van der Waals surface area contributed by atoms with Crippen molar-refractivity contribution in [3.05, 3.63) is 36.5 Å². The van der Waals surface area contributed by atoms with Crippen molar-refractivity contribution < 1.29 is 0 Å². The van der Waals surface area contributed by atoms with Gasteiger partial charge in [0.05, 0.1) is 5.52 Å². The number of nitrogens with one attached hydrogen (secondary N) is 1. The molecule has 0 radical (unpaired) electrons. The minimum atomic E-state index is 0.923. The Morgan fingerprint density at radius 3 is 2.75 bits per heavy atom. The zero-order chi connectivity index (χ0) is 13.8. The van der Waals surface area contributed by atoms with Crippen LogP contribution in [0.15, 0.2) is 36.5 Å². The first-order valence-electron chi connectivity index (χ1n) is 7.90. The van der Waals surface area contributed by atoms with E-state index in [-0.39, 0.29) is 0 Å². The van der Waals surface area contributed by atoms with E-state index in [2.05, 4.69) is 41.5 Å². The predicted octanol–water partition coefficient (Wildman–Crippen LogP) is 4.86. The highest BCUT2D eigenvalue weighted by Gasteiger charge is 2.17. The molecule has 1 heterocycles. The topological polar surface area (TPSA) is 24.9 Å². The van der Waals surface area contributed by atoms with Gasteiger partial charge in [-0.1, -0.05) is 50.8 Å². The van der Waals surface area contributed by atoms with E-state index in [0.717, 1.165) is 23.9 Å². The van der Waals surface area contributed by atoms with Gasteiger partial charge in [-0.2, -0.15) is 0 Å². The molecule has 1 N–H and O–H groups in total. The molecule has 1 aromatic carbocycles. The number of para-hydroxylation sites is 1. The number of fused-ring (bicyclic) bond motifs is 1. The van der Waals surface area contributed by atoms with E-state index in [1.807, 2.05) is 12.3 Å². The zero-order valence-electron chi connectivity index (χ0n) is 12.3. The fraction of sp³-hybridized carbons (Fsp3) is 0.500. The van der Waals surface area contributed by atoms with Gasteiger partial charge < -0.3 is 5.32 Å². The first-order chi connectivity index (χ1) is 9.83. The summed E-state index contributed by atoms with van der Waals surface area (Å²) in [5, 5.41) is 4.84. The van der Waals surface area contributed by atoms with Gasteiger partial charge in [0.25, 0.3) is 0 Å². The number of rotatable bonds is 4. The van der Waals surface area contributed by atoms with Crippen LogP contribution in [0.1, 0.15) is 39.0 Å². The summed E-state index contributed by atoms with van der Waals surface area (Å²) in [5.74, 6) is 1.87. The van der Waals surface area contributed by atoms with Crippen LogP contribution in [0.25, 0.3) is 10.9 Å². The highest BCUT2D eigenvalue weighted by Crippen LogP contribution is 2.30. The van der Waals surface area contributed by atoms with Crippen molar-refractivity contribution in [1.29, 1.82) is 0 Å². The van der Waals surface area contributed by atoms with Crippen molar-refractivity contribution in [3.63, 3.8) is 0 Å². The third-order valence-electron chi connectivity index (χ3n) is 4.65. The zero-order valence-corrected chi connectivity index (χ0v) is 12.3. The highest BCUT2D eigenvalue weighted by atomic mass is 14.9. The molecule has 0 unspecified atom stereocenters. The van der Waals surface area contributed by atoms with Crippen LogP contribution in [-0.2, 0) is 0 Å². The Bertz CT molecular complexity index is 551. The maximum Gasteiger partial charge on any atom is 0.0722 e. The first-order valence-corrected chi connectivity index (χ1v) is 7.90. The number of pyridine rings is 1. The molecule has 0 amide bonds. The Hall–Kier alpha value is -1.57. The minimum absolute atomic E-state index is 0.923. The summed E-state index contributed by atoms with van der Waals surface area (Å²) in [6.07, 6.45) is 8.86. The van der Waals surface area contributed by atoms with Crippen LogP contribution in [0.4, 0.5) is 5.69 Å². The lowest BCUT2D eigenvalue weighted by atomic mass is 9.81. The SMILES string of the molecule is CC1CCC(CCNc2ccnc3ccccc23)CC1.